The molecule has 0 bridgehead atoms. The standard InChI is InChI=1S/C19H18F3N5O2/c1-29-16-7-4-12(9-23-16)18(28)26-8-2-3-13(10-26)17-25-24-15-6-5-14(11-27(15)17)19(20,21)22/h4-7,9,11,13H,2-3,8,10H2,1H3. The van der Waals surface area contributed by atoms with Gasteiger partial charge in [-0.05, 0) is 31.0 Å². The van der Waals surface area contributed by atoms with Crippen molar-refractivity contribution in [2.45, 2.75) is 24.9 Å². The summed E-state index contributed by atoms with van der Waals surface area (Å²) in [7, 11) is 1.49. The largest absolute Gasteiger partial charge is 0.481 e. The molecule has 4 heterocycles. The van der Waals surface area contributed by atoms with Crippen molar-refractivity contribution in [3.05, 3.63) is 53.6 Å². The highest BCUT2D eigenvalue weighted by atomic mass is 19.4. The van der Waals surface area contributed by atoms with Crippen LogP contribution in [0.1, 0.15) is 40.5 Å². The van der Waals surface area contributed by atoms with Gasteiger partial charge in [0.15, 0.2) is 5.65 Å². The molecule has 0 N–H and O–H groups in total. The minimum absolute atomic E-state index is 0.186. The van der Waals surface area contributed by atoms with Crippen LogP contribution < -0.4 is 4.74 Å². The van der Waals surface area contributed by atoms with E-state index in [4.69, 9.17) is 4.74 Å². The highest BCUT2D eigenvalue weighted by Gasteiger charge is 2.33. The molecule has 29 heavy (non-hydrogen) atoms. The molecular formula is C19H18F3N5O2. The minimum atomic E-state index is -4.45. The van der Waals surface area contributed by atoms with Crippen molar-refractivity contribution >= 4 is 11.6 Å². The van der Waals surface area contributed by atoms with Gasteiger partial charge in [-0.15, -0.1) is 10.2 Å². The first-order valence-electron chi connectivity index (χ1n) is 9.08. The summed E-state index contributed by atoms with van der Waals surface area (Å²) < 4.78 is 45.6. The molecule has 7 nitrogen and oxygen atoms in total. The van der Waals surface area contributed by atoms with E-state index < -0.39 is 11.7 Å². The third kappa shape index (κ3) is 3.74. The Hall–Kier alpha value is -3.17. The van der Waals surface area contributed by atoms with Gasteiger partial charge in [0, 0.05) is 37.5 Å². The van der Waals surface area contributed by atoms with Gasteiger partial charge in [-0.2, -0.15) is 13.2 Å². The quantitative estimate of drug-likeness (QED) is 0.669. The number of likely N-dealkylation sites (tertiary alicyclic amines) is 1. The maximum Gasteiger partial charge on any atom is 0.417 e. The first-order valence-corrected chi connectivity index (χ1v) is 9.08. The number of hydrogen-bond acceptors (Lipinski definition) is 5. The Morgan fingerprint density at radius 1 is 1.21 bits per heavy atom. The van der Waals surface area contributed by atoms with E-state index in [0.717, 1.165) is 12.3 Å². The molecule has 3 aromatic heterocycles. The number of amides is 1. The molecule has 0 radical (unpaired) electrons. The maximum absolute atomic E-state index is 13.1. The van der Waals surface area contributed by atoms with Gasteiger partial charge in [-0.3, -0.25) is 9.20 Å². The first kappa shape index (κ1) is 19.2. The molecule has 0 aromatic carbocycles. The Morgan fingerprint density at radius 3 is 2.72 bits per heavy atom. The summed E-state index contributed by atoms with van der Waals surface area (Å²) in [5.74, 6) is 0.442. The number of nitrogens with zero attached hydrogens (tertiary/aromatic N) is 5. The second-order valence-corrected chi connectivity index (χ2v) is 6.88. The van der Waals surface area contributed by atoms with Gasteiger partial charge in [0.25, 0.3) is 5.91 Å². The molecule has 0 aliphatic carbocycles. The average molecular weight is 405 g/mol. The molecule has 1 atom stereocenters. The molecule has 10 heteroatoms. The van der Waals surface area contributed by atoms with Crippen LogP contribution in [0.4, 0.5) is 13.2 Å². The van der Waals surface area contributed by atoms with Crippen molar-refractivity contribution in [2.24, 2.45) is 0 Å². The molecule has 1 amide bonds. The minimum Gasteiger partial charge on any atom is -0.481 e. The fraction of sp³-hybridized carbons (Fsp3) is 0.368. The van der Waals surface area contributed by atoms with Crippen molar-refractivity contribution in [3.8, 4) is 5.88 Å². The molecule has 3 aromatic rings. The van der Waals surface area contributed by atoms with Crippen LogP contribution in [0.15, 0.2) is 36.7 Å². The molecule has 152 valence electrons. The number of alkyl halides is 3. The molecule has 1 aliphatic rings. The lowest BCUT2D eigenvalue weighted by Gasteiger charge is -2.32. The number of ether oxygens (including phenoxy) is 1. The number of methoxy groups -OCH3 is 1. The van der Waals surface area contributed by atoms with Gasteiger partial charge in [0.05, 0.1) is 18.2 Å². The lowest BCUT2D eigenvalue weighted by Crippen LogP contribution is -2.39. The van der Waals surface area contributed by atoms with Crippen molar-refractivity contribution < 1.29 is 22.7 Å². The Labute approximate surface area is 164 Å². The van der Waals surface area contributed by atoms with E-state index in [1.54, 1.807) is 17.0 Å². The molecule has 1 saturated heterocycles. The Kier molecular flexibility index (Phi) is 4.85. The Balaban J connectivity index is 1.58. The predicted octanol–water partition coefficient (Wildman–Crippen LogP) is 3.17. The molecular weight excluding hydrogens is 387 g/mol. The third-order valence-electron chi connectivity index (χ3n) is 5.02. The third-order valence-corrected chi connectivity index (χ3v) is 5.02. The van der Waals surface area contributed by atoms with Gasteiger partial charge in [0.2, 0.25) is 5.88 Å². The van der Waals surface area contributed by atoms with E-state index in [0.29, 0.717) is 48.8 Å². The lowest BCUT2D eigenvalue weighted by atomic mass is 9.96. The number of hydrogen-bond donors (Lipinski definition) is 0. The number of pyridine rings is 2. The van der Waals surface area contributed by atoms with E-state index in [-0.39, 0.29) is 11.8 Å². The van der Waals surface area contributed by atoms with Gasteiger partial charge in [-0.25, -0.2) is 4.98 Å². The average Bonchev–Trinajstić information content (AvgIpc) is 3.16. The highest BCUT2D eigenvalue weighted by molar-refractivity contribution is 5.94. The summed E-state index contributed by atoms with van der Waals surface area (Å²) in [6.07, 6.45) is -0.563. The van der Waals surface area contributed by atoms with E-state index in [9.17, 15) is 18.0 Å². The Bertz CT molecular complexity index is 1030. The van der Waals surface area contributed by atoms with Crippen molar-refractivity contribution in [1.82, 2.24) is 24.5 Å². The molecule has 1 fully saturated rings. The van der Waals surface area contributed by atoms with Gasteiger partial charge in [0.1, 0.15) is 5.82 Å². The molecule has 1 aliphatic heterocycles. The van der Waals surface area contributed by atoms with E-state index >= 15 is 0 Å². The fourth-order valence-corrected chi connectivity index (χ4v) is 3.54. The van der Waals surface area contributed by atoms with Crippen LogP contribution in [0, 0.1) is 0 Å². The van der Waals surface area contributed by atoms with E-state index in [1.165, 1.54) is 23.8 Å². The van der Waals surface area contributed by atoms with Crippen LogP contribution in [0.25, 0.3) is 5.65 Å². The van der Waals surface area contributed by atoms with Crippen LogP contribution in [0.2, 0.25) is 0 Å². The lowest BCUT2D eigenvalue weighted by molar-refractivity contribution is -0.137. The van der Waals surface area contributed by atoms with Crippen LogP contribution in [0.5, 0.6) is 5.88 Å². The SMILES string of the molecule is COc1ccc(C(=O)N2CCCC(c3nnc4ccc(C(F)(F)F)cn34)C2)cn1. The molecule has 0 spiro atoms. The zero-order valence-electron chi connectivity index (χ0n) is 15.6. The summed E-state index contributed by atoms with van der Waals surface area (Å²) in [6, 6.07) is 5.54. The smallest absolute Gasteiger partial charge is 0.417 e. The van der Waals surface area contributed by atoms with Crippen molar-refractivity contribution in [2.75, 3.05) is 20.2 Å². The summed E-state index contributed by atoms with van der Waals surface area (Å²) in [4.78, 5) is 18.5. The second-order valence-electron chi connectivity index (χ2n) is 6.88. The Morgan fingerprint density at radius 2 is 2.03 bits per heavy atom. The maximum atomic E-state index is 13.1. The summed E-state index contributed by atoms with van der Waals surface area (Å²) in [5, 5.41) is 8.09. The van der Waals surface area contributed by atoms with Crippen LogP contribution in [-0.4, -0.2) is 50.6 Å². The highest BCUT2D eigenvalue weighted by Crippen LogP contribution is 2.31. The van der Waals surface area contributed by atoms with Gasteiger partial charge < -0.3 is 9.64 Å². The summed E-state index contributed by atoms with van der Waals surface area (Å²) in [5.41, 5.74) is 0.00631. The number of carbonyl (C=O) groups is 1. The van der Waals surface area contributed by atoms with E-state index in [1.807, 2.05) is 0 Å². The summed E-state index contributed by atoms with van der Waals surface area (Å²) in [6.45, 7) is 0.911. The summed E-state index contributed by atoms with van der Waals surface area (Å²) >= 11 is 0. The number of rotatable bonds is 3. The topological polar surface area (TPSA) is 72.6 Å². The first-order chi connectivity index (χ1) is 13.9. The monoisotopic (exact) mass is 405 g/mol. The van der Waals surface area contributed by atoms with Crippen LogP contribution in [0.3, 0.4) is 0 Å². The number of halogens is 3. The van der Waals surface area contributed by atoms with Gasteiger partial charge in [-0.1, -0.05) is 0 Å². The van der Waals surface area contributed by atoms with Crippen LogP contribution >= 0.6 is 0 Å². The van der Waals surface area contributed by atoms with E-state index in [2.05, 4.69) is 15.2 Å². The number of fused-ring (bicyclic) bond motifs is 1. The number of piperidine rings is 1. The zero-order chi connectivity index (χ0) is 20.6. The fourth-order valence-electron chi connectivity index (χ4n) is 3.54. The van der Waals surface area contributed by atoms with Crippen molar-refractivity contribution in [1.29, 1.82) is 0 Å². The predicted molar refractivity (Wildman–Crippen MR) is 96.7 cm³/mol. The van der Waals surface area contributed by atoms with Gasteiger partial charge >= 0.3 is 6.18 Å². The zero-order valence-corrected chi connectivity index (χ0v) is 15.6. The number of carbonyl (C=O) groups excluding carboxylic acids is 1. The molecule has 4 rings (SSSR count). The van der Waals surface area contributed by atoms with Crippen LogP contribution in [-0.2, 0) is 6.18 Å². The van der Waals surface area contributed by atoms with Crippen molar-refractivity contribution in [3.63, 3.8) is 0 Å². The normalized spacial score (nSPS) is 17.5. The molecule has 1 unspecified atom stereocenters. The second kappa shape index (κ2) is 7.34. The number of aromatic nitrogens is 4. The molecule has 0 saturated carbocycles.